The quantitative estimate of drug-likeness (QED) is 0.151. The molecule has 0 unspecified atom stereocenters. The van der Waals surface area contributed by atoms with Crippen molar-refractivity contribution in [2.45, 2.75) is 26.0 Å². The number of hydrogen-bond donors (Lipinski definition) is 3. The van der Waals surface area contributed by atoms with Gasteiger partial charge in [-0.15, -0.1) is 0 Å². The van der Waals surface area contributed by atoms with Gasteiger partial charge in [-0.05, 0) is 0 Å². The van der Waals surface area contributed by atoms with E-state index in [1.165, 1.54) is 25.6 Å². The van der Waals surface area contributed by atoms with Gasteiger partial charge in [0.1, 0.15) is 12.7 Å². The molecule has 1 amide bonds. The molecule has 28 heavy (non-hydrogen) atoms. The van der Waals surface area contributed by atoms with Gasteiger partial charge in [-0.25, -0.2) is 4.18 Å². The van der Waals surface area contributed by atoms with Crippen LogP contribution in [0.2, 0.25) is 0 Å². The molecule has 0 aliphatic carbocycles. The molecule has 0 saturated heterocycles. The van der Waals surface area contributed by atoms with Gasteiger partial charge in [0, 0.05) is 31.9 Å². The molecular formula is C14H26N2O10S2. The zero-order valence-corrected chi connectivity index (χ0v) is 17.3. The molecule has 12 nitrogen and oxygen atoms in total. The molecule has 0 aliphatic rings. The third kappa shape index (κ3) is 16.7. The Morgan fingerprint density at radius 1 is 1.11 bits per heavy atom. The second-order valence-electron chi connectivity index (χ2n) is 5.33. The molecule has 4 N–H and O–H groups in total. The summed E-state index contributed by atoms with van der Waals surface area (Å²) in [6.45, 7) is 2.20. The standard InChI is InChI=1S/C14H26N2O10S2/c1-10(17)24-7-12(26-11(2)18)8-27-9-13(15)14(19)16-3-4-23-5-6-25-28(20,21)22/h12-13H,3-9,15H2,1-2H3,(H,16,19)(H,20,21,22)/t12-,13+/m1/s1. The molecule has 0 aromatic carbocycles. The smallest absolute Gasteiger partial charge is 0.397 e. The predicted molar refractivity (Wildman–Crippen MR) is 98.8 cm³/mol. The van der Waals surface area contributed by atoms with E-state index in [-0.39, 0.29) is 38.7 Å². The van der Waals surface area contributed by atoms with Gasteiger partial charge in [-0.1, -0.05) is 0 Å². The minimum Gasteiger partial charge on any atom is -0.462 e. The van der Waals surface area contributed by atoms with E-state index >= 15 is 0 Å². The van der Waals surface area contributed by atoms with Crippen molar-refractivity contribution in [1.82, 2.24) is 5.32 Å². The lowest BCUT2D eigenvalue weighted by atomic mass is 10.3. The molecule has 164 valence electrons. The molecule has 0 radical (unpaired) electrons. The van der Waals surface area contributed by atoms with Crippen LogP contribution in [0.1, 0.15) is 13.8 Å². The summed E-state index contributed by atoms with van der Waals surface area (Å²) in [5, 5.41) is 2.53. The number of thioether (sulfide) groups is 1. The van der Waals surface area contributed by atoms with Crippen LogP contribution in [-0.4, -0.2) is 87.4 Å². The number of ether oxygens (including phenoxy) is 3. The highest BCUT2D eigenvalue weighted by Crippen LogP contribution is 2.08. The highest BCUT2D eigenvalue weighted by molar-refractivity contribution is 7.99. The molecule has 2 atom stereocenters. The van der Waals surface area contributed by atoms with Crippen molar-refractivity contribution < 1.29 is 45.7 Å². The Morgan fingerprint density at radius 3 is 2.36 bits per heavy atom. The number of rotatable bonds is 15. The number of hydrogen-bond acceptors (Lipinski definition) is 11. The fraction of sp³-hybridized carbons (Fsp3) is 0.786. The predicted octanol–water partition coefficient (Wildman–Crippen LogP) is -1.51. The third-order valence-electron chi connectivity index (χ3n) is 2.75. The van der Waals surface area contributed by atoms with Crippen LogP contribution in [-0.2, 0) is 43.2 Å². The summed E-state index contributed by atoms with van der Waals surface area (Å²) in [5.74, 6) is -0.890. The summed E-state index contributed by atoms with van der Waals surface area (Å²) in [7, 11) is -4.49. The van der Waals surface area contributed by atoms with Gasteiger partial charge in [-0.3, -0.25) is 18.9 Å². The monoisotopic (exact) mass is 446 g/mol. The van der Waals surface area contributed by atoms with Crippen LogP contribution in [0.5, 0.6) is 0 Å². The molecule has 0 aromatic heterocycles. The Balaban J connectivity index is 3.93. The number of amides is 1. The first-order valence-corrected chi connectivity index (χ1v) is 10.6. The Kier molecular flexibility index (Phi) is 13.8. The minimum atomic E-state index is -4.49. The van der Waals surface area contributed by atoms with Gasteiger partial charge in [0.05, 0.1) is 25.9 Å². The van der Waals surface area contributed by atoms with Crippen LogP contribution in [0.3, 0.4) is 0 Å². The maximum absolute atomic E-state index is 11.8. The minimum absolute atomic E-state index is 0.0814. The molecule has 0 rings (SSSR count). The van der Waals surface area contributed by atoms with Gasteiger partial charge in [0.2, 0.25) is 5.91 Å². The highest BCUT2D eigenvalue weighted by Gasteiger charge is 2.17. The first-order chi connectivity index (χ1) is 13.0. The van der Waals surface area contributed by atoms with Crippen LogP contribution in [0.25, 0.3) is 0 Å². The molecular weight excluding hydrogens is 420 g/mol. The van der Waals surface area contributed by atoms with Gasteiger partial charge in [0.25, 0.3) is 0 Å². The van der Waals surface area contributed by atoms with Crippen LogP contribution in [0.15, 0.2) is 0 Å². The van der Waals surface area contributed by atoms with Gasteiger partial charge in [-0.2, -0.15) is 20.2 Å². The number of esters is 2. The van der Waals surface area contributed by atoms with Crippen molar-refractivity contribution >= 4 is 40.0 Å². The van der Waals surface area contributed by atoms with E-state index in [4.69, 9.17) is 24.5 Å². The summed E-state index contributed by atoms with van der Waals surface area (Å²) in [6.07, 6.45) is -0.639. The highest BCUT2D eigenvalue weighted by atomic mass is 32.3. The van der Waals surface area contributed by atoms with E-state index in [0.717, 1.165) is 0 Å². The molecule has 0 heterocycles. The van der Waals surface area contributed by atoms with Crippen LogP contribution in [0.4, 0.5) is 0 Å². The van der Waals surface area contributed by atoms with Crippen molar-refractivity contribution in [3.63, 3.8) is 0 Å². The van der Waals surface area contributed by atoms with Gasteiger partial charge >= 0.3 is 22.3 Å². The first kappa shape index (κ1) is 26.6. The number of carbonyl (C=O) groups is 3. The van der Waals surface area contributed by atoms with E-state index in [9.17, 15) is 22.8 Å². The second kappa shape index (κ2) is 14.5. The Labute approximate surface area is 167 Å². The molecule has 14 heteroatoms. The number of nitrogens with one attached hydrogen (secondary N) is 1. The summed E-state index contributed by atoms with van der Waals surface area (Å²) in [4.78, 5) is 33.7. The lowest BCUT2D eigenvalue weighted by Gasteiger charge is -2.17. The summed E-state index contributed by atoms with van der Waals surface area (Å²) < 4.78 is 47.8. The van der Waals surface area contributed by atoms with Gasteiger partial charge < -0.3 is 25.3 Å². The molecule has 0 aliphatic heterocycles. The normalized spacial score (nSPS) is 13.4. The van der Waals surface area contributed by atoms with Gasteiger partial charge in [0.15, 0.2) is 0 Å². The second-order valence-corrected chi connectivity index (χ2v) is 7.50. The van der Waals surface area contributed by atoms with E-state index in [1.807, 2.05) is 0 Å². The fourth-order valence-electron chi connectivity index (χ4n) is 1.64. The molecule has 0 bridgehead atoms. The van der Waals surface area contributed by atoms with E-state index in [0.29, 0.717) is 5.75 Å². The van der Waals surface area contributed by atoms with Crippen molar-refractivity contribution in [3.05, 3.63) is 0 Å². The van der Waals surface area contributed by atoms with Crippen LogP contribution < -0.4 is 11.1 Å². The third-order valence-corrected chi connectivity index (χ3v) is 4.42. The Hall–Kier alpha value is -1.45. The topological polar surface area (TPSA) is 181 Å². The van der Waals surface area contributed by atoms with E-state index < -0.39 is 40.4 Å². The number of nitrogens with two attached hydrogens (primary N) is 1. The zero-order valence-electron chi connectivity index (χ0n) is 15.6. The summed E-state index contributed by atoms with van der Waals surface area (Å²) >= 11 is 1.26. The molecule has 0 fully saturated rings. The van der Waals surface area contributed by atoms with E-state index in [2.05, 4.69) is 9.50 Å². The largest absolute Gasteiger partial charge is 0.462 e. The fourth-order valence-corrected chi connectivity index (χ4v) is 2.89. The Bertz CT molecular complexity index is 599. The molecule has 0 spiro atoms. The van der Waals surface area contributed by atoms with Crippen molar-refractivity contribution in [3.8, 4) is 0 Å². The lowest BCUT2D eigenvalue weighted by Crippen LogP contribution is -2.43. The van der Waals surface area contributed by atoms with E-state index in [1.54, 1.807) is 0 Å². The summed E-state index contributed by atoms with van der Waals surface area (Å²) in [5.41, 5.74) is 5.76. The maximum Gasteiger partial charge on any atom is 0.397 e. The SMILES string of the molecule is CC(=O)OC[C@H](CSC[C@H](N)C(=O)NCCOCCOS(=O)(=O)O)OC(C)=O. The lowest BCUT2D eigenvalue weighted by molar-refractivity contribution is -0.154. The van der Waals surface area contributed by atoms with Crippen molar-refractivity contribution in [2.24, 2.45) is 5.73 Å². The molecule has 0 saturated carbocycles. The average molecular weight is 447 g/mol. The maximum atomic E-state index is 11.8. The molecule has 0 aromatic rings. The van der Waals surface area contributed by atoms with Crippen LogP contribution in [0, 0.1) is 0 Å². The zero-order chi connectivity index (χ0) is 21.6. The van der Waals surface area contributed by atoms with Crippen molar-refractivity contribution in [2.75, 3.05) is 44.5 Å². The first-order valence-electron chi connectivity index (χ1n) is 8.12. The Morgan fingerprint density at radius 2 is 1.79 bits per heavy atom. The average Bonchev–Trinajstić information content (AvgIpc) is 2.56. The number of carbonyl (C=O) groups excluding carboxylic acids is 3. The summed E-state index contributed by atoms with van der Waals surface area (Å²) in [6, 6.07) is -0.820. The van der Waals surface area contributed by atoms with Crippen LogP contribution >= 0.6 is 11.8 Å². The van der Waals surface area contributed by atoms with Crippen molar-refractivity contribution in [1.29, 1.82) is 0 Å².